The summed E-state index contributed by atoms with van der Waals surface area (Å²) in [6.07, 6.45) is 0.0674. The van der Waals surface area contributed by atoms with E-state index >= 15 is 0 Å². The van der Waals surface area contributed by atoms with Gasteiger partial charge in [-0.2, -0.15) is 0 Å². The van der Waals surface area contributed by atoms with Gasteiger partial charge in [-0.1, -0.05) is 0 Å². The Bertz CT molecular complexity index is 769. The lowest BCUT2D eigenvalue weighted by Crippen LogP contribution is -2.44. The third-order valence-corrected chi connectivity index (χ3v) is 4.76. The second kappa shape index (κ2) is 7.97. The number of carbonyl (C=O) groups is 3. The molecule has 2 aromatic heterocycles. The molecule has 0 aliphatic carbocycles. The van der Waals surface area contributed by atoms with Crippen LogP contribution in [0.1, 0.15) is 31.1 Å². The van der Waals surface area contributed by atoms with Crippen LogP contribution in [0.2, 0.25) is 0 Å². The van der Waals surface area contributed by atoms with Gasteiger partial charge in [-0.05, 0) is 20.8 Å². The molecule has 0 spiro atoms. The fourth-order valence-corrected chi connectivity index (χ4v) is 3.34. The molecule has 2 N–H and O–H groups in total. The summed E-state index contributed by atoms with van der Waals surface area (Å²) in [4.78, 5) is 43.7. The van der Waals surface area contributed by atoms with Crippen molar-refractivity contribution in [2.24, 2.45) is 0 Å². The zero-order valence-corrected chi connectivity index (χ0v) is 15.0. The Morgan fingerprint density at radius 3 is 2.42 bits per heavy atom. The van der Waals surface area contributed by atoms with E-state index in [1.807, 2.05) is 12.3 Å². The molecule has 10 heteroatoms. The van der Waals surface area contributed by atoms with Crippen molar-refractivity contribution < 1.29 is 19.1 Å². The van der Waals surface area contributed by atoms with E-state index < -0.39 is 24.4 Å². The van der Waals surface area contributed by atoms with Gasteiger partial charge in [0.15, 0.2) is 6.61 Å². The average molecular weight is 368 g/mol. The van der Waals surface area contributed by atoms with E-state index in [9.17, 15) is 14.4 Å². The maximum Gasteiger partial charge on any atom is 0.350 e. The number of aryl methyl sites for hydroxylation is 3. The van der Waals surface area contributed by atoms with Gasteiger partial charge in [0, 0.05) is 11.1 Å². The molecule has 8 nitrogen and oxygen atoms in total. The van der Waals surface area contributed by atoms with Crippen LogP contribution >= 0.6 is 22.7 Å². The lowest BCUT2D eigenvalue weighted by Gasteiger charge is -2.07. The monoisotopic (exact) mass is 368 g/mol. The molecule has 24 heavy (non-hydrogen) atoms. The summed E-state index contributed by atoms with van der Waals surface area (Å²) in [6, 6.07) is 0. The van der Waals surface area contributed by atoms with Crippen LogP contribution < -0.4 is 10.9 Å². The molecule has 128 valence electrons. The first-order valence-corrected chi connectivity index (χ1v) is 8.64. The second-order valence-electron chi connectivity index (χ2n) is 4.88. The Labute approximate surface area is 146 Å². The smallest absolute Gasteiger partial charge is 0.350 e. The summed E-state index contributed by atoms with van der Waals surface area (Å²) in [5, 5.41) is 3.24. The summed E-state index contributed by atoms with van der Waals surface area (Å²) in [7, 11) is 0. The summed E-state index contributed by atoms with van der Waals surface area (Å²) >= 11 is 2.57. The summed E-state index contributed by atoms with van der Waals surface area (Å²) in [5.74, 6) is -1.65. The molecule has 2 heterocycles. The van der Waals surface area contributed by atoms with Gasteiger partial charge >= 0.3 is 5.97 Å². The van der Waals surface area contributed by atoms with Gasteiger partial charge in [-0.25, -0.2) is 14.8 Å². The van der Waals surface area contributed by atoms with Crippen molar-refractivity contribution in [1.29, 1.82) is 0 Å². The van der Waals surface area contributed by atoms with E-state index in [-0.39, 0.29) is 6.42 Å². The zero-order chi connectivity index (χ0) is 17.7. The predicted octanol–water partition coefficient (Wildman–Crippen LogP) is 1.07. The summed E-state index contributed by atoms with van der Waals surface area (Å²) in [5.41, 5.74) is 5.84. The minimum absolute atomic E-state index is 0.0674. The molecular formula is C14H16N4O4S2. The molecule has 0 aliphatic heterocycles. The Kier molecular flexibility index (Phi) is 5.99. The fraction of sp³-hybridized carbons (Fsp3) is 0.357. The molecule has 0 radical (unpaired) electrons. The number of hydrazine groups is 1. The van der Waals surface area contributed by atoms with Crippen molar-refractivity contribution in [3.8, 4) is 0 Å². The van der Waals surface area contributed by atoms with Crippen LogP contribution in [-0.4, -0.2) is 34.4 Å². The second-order valence-corrected chi connectivity index (χ2v) is 7.03. The van der Waals surface area contributed by atoms with Gasteiger partial charge in [0.1, 0.15) is 9.88 Å². The first kappa shape index (κ1) is 18.0. The number of ether oxygens (including phenoxy) is 1. The summed E-state index contributed by atoms with van der Waals surface area (Å²) < 4.78 is 4.90. The number of nitrogens with one attached hydrogen (secondary N) is 2. The third-order valence-electron chi connectivity index (χ3n) is 2.74. The van der Waals surface area contributed by atoms with Crippen molar-refractivity contribution in [3.63, 3.8) is 0 Å². The normalized spacial score (nSPS) is 10.3. The zero-order valence-electron chi connectivity index (χ0n) is 13.3. The van der Waals surface area contributed by atoms with Crippen molar-refractivity contribution >= 4 is 40.5 Å². The molecule has 2 aromatic rings. The molecule has 2 rings (SSSR count). The van der Waals surface area contributed by atoms with Crippen LogP contribution in [-0.2, 0) is 20.7 Å². The molecule has 0 fully saturated rings. The van der Waals surface area contributed by atoms with Gasteiger partial charge in [-0.3, -0.25) is 20.4 Å². The number of amides is 2. The van der Waals surface area contributed by atoms with E-state index in [0.717, 1.165) is 10.7 Å². The quantitative estimate of drug-likeness (QED) is 0.603. The molecule has 0 bridgehead atoms. The molecule has 0 atom stereocenters. The van der Waals surface area contributed by atoms with Crippen molar-refractivity contribution in [1.82, 2.24) is 20.8 Å². The Balaban J connectivity index is 1.72. The highest BCUT2D eigenvalue weighted by atomic mass is 32.1. The van der Waals surface area contributed by atoms with E-state index in [1.165, 1.54) is 22.7 Å². The summed E-state index contributed by atoms with van der Waals surface area (Å²) in [6.45, 7) is 4.81. The highest BCUT2D eigenvalue weighted by Crippen LogP contribution is 2.17. The Hall–Kier alpha value is -2.33. The molecule has 0 saturated heterocycles. The number of hydrogen-bond donors (Lipinski definition) is 2. The van der Waals surface area contributed by atoms with Crippen LogP contribution in [0.25, 0.3) is 0 Å². The number of carbonyl (C=O) groups excluding carboxylic acids is 3. The highest BCUT2D eigenvalue weighted by Gasteiger charge is 2.17. The van der Waals surface area contributed by atoms with E-state index in [0.29, 0.717) is 15.6 Å². The lowest BCUT2D eigenvalue weighted by atomic mass is 10.4. The maximum atomic E-state index is 11.8. The predicted molar refractivity (Wildman–Crippen MR) is 88.7 cm³/mol. The van der Waals surface area contributed by atoms with Gasteiger partial charge in [0.05, 0.1) is 17.1 Å². The molecular weight excluding hydrogens is 352 g/mol. The fourth-order valence-electron chi connectivity index (χ4n) is 1.76. The topological polar surface area (TPSA) is 110 Å². The number of nitrogens with zero attached hydrogens (tertiary/aromatic N) is 2. The van der Waals surface area contributed by atoms with Gasteiger partial charge in [0.25, 0.3) is 5.91 Å². The van der Waals surface area contributed by atoms with Crippen LogP contribution in [0, 0.1) is 20.8 Å². The van der Waals surface area contributed by atoms with E-state index in [4.69, 9.17) is 4.74 Å². The molecule has 0 saturated carbocycles. The number of hydrogen-bond acceptors (Lipinski definition) is 8. The average Bonchev–Trinajstić information content (AvgIpc) is 3.07. The molecule has 0 unspecified atom stereocenters. The lowest BCUT2D eigenvalue weighted by molar-refractivity contribution is -0.130. The number of rotatable bonds is 5. The van der Waals surface area contributed by atoms with Crippen LogP contribution in [0.3, 0.4) is 0 Å². The largest absolute Gasteiger partial charge is 0.451 e. The van der Waals surface area contributed by atoms with Gasteiger partial charge < -0.3 is 4.74 Å². The molecule has 0 aliphatic rings. The van der Waals surface area contributed by atoms with Crippen molar-refractivity contribution in [2.75, 3.05) is 6.61 Å². The van der Waals surface area contributed by atoms with Crippen molar-refractivity contribution in [3.05, 3.63) is 31.7 Å². The SMILES string of the molecule is Cc1csc(CC(=O)NNC(=O)COC(=O)c2sc(C)nc2C)n1. The minimum Gasteiger partial charge on any atom is -0.451 e. The third kappa shape index (κ3) is 5.10. The number of thiazole rings is 2. The highest BCUT2D eigenvalue weighted by molar-refractivity contribution is 7.13. The van der Waals surface area contributed by atoms with Crippen LogP contribution in [0.4, 0.5) is 0 Å². The van der Waals surface area contributed by atoms with Gasteiger partial charge in [0.2, 0.25) is 5.91 Å². The number of aromatic nitrogens is 2. The molecule has 2 amide bonds. The van der Waals surface area contributed by atoms with Crippen LogP contribution in [0.5, 0.6) is 0 Å². The first-order valence-electron chi connectivity index (χ1n) is 6.95. The maximum absolute atomic E-state index is 11.8. The standard InChI is InChI=1S/C14H16N4O4S2/c1-7-6-23-12(15-7)4-10(19)17-18-11(20)5-22-14(21)13-8(2)16-9(3)24-13/h6H,4-5H2,1-3H3,(H,17,19)(H,18,20). The Morgan fingerprint density at radius 2 is 1.83 bits per heavy atom. The van der Waals surface area contributed by atoms with E-state index in [1.54, 1.807) is 13.8 Å². The Morgan fingerprint density at radius 1 is 1.12 bits per heavy atom. The van der Waals surface area contributed by atoms with Crippen LogP contribution in [0.15, 0.2) is 5.38 Å². The van der Waals surface area contributed by atoms with Gasteiger partial charge in [-0.15, -0.1) is 22.7 Å². The number of esters is 1. The van der Waals surface area contributed by atoms with Crippen molar-refractivity contribution in [2.45, 2.75) is 27.2 Å². The van der Waals surface area contributed by atoms with E-state index in [2.05, 4.69) is 20.8 Å². The minimum atomic E-state index is -0.633. The molecule has 0 aromatic carbocycles. The first-order chi connectivity index (χ1) is 11.3.